The molecule has 0 radical (unpaired) electrons. The predicted molar refractivity (Wildman–Crippen MR) is 77.1 cm³/mol. The van der Waals surface area contributed by atoms with Gasteiger partial charge < -0.3 is 10.9 Å². The van der Waals surface area contributed by atoms with Crippen LogP contribution < -0.4 is 5.73 Å². The van der Waals surface area contributed by atoms with E-state index in [2.05, 4.69) is 10.1 Å². The lowest BCUT2D eigenvalue weighted by molar-refractivity contribution is 0.318. The second-order valence-corrected chi connectivity index (χ2v) is 5.40. The molecule has 6 heteroatoms. The van der Waals surface area contributed by atoms with E-state index in [0.29, 0.717) is 10.6 Å². The second-order valence-electron chi connectivity index (χ2n) is 3.90. The molecule has 19 heavy (non-hydrogen) atoms. The third-order valence-corrected chi connectivity index (χ3v) is 3.68. The first-order valence-electron chi connectivity index (χ1n) is 5.48. The normalized spacial score (nSPS) is 11.6. The number of aryl methyl sites for hydroxylation is 1. The van der Waals surface area contributed by atoms with Crippen LogP contribution in [0, 0.1) is 6.92 Å². The Morgan fingerprint density at radius 2 is 2.16 bits per heavy atom. The topological polar surface area (TPSA) is 71.5 Å². The average molecular weight is 294 g/mol. The summed E-state index contributed by atoms with van der Waals surface area (Å²) < 4.78 is 0. The van der Waals surface area contributed by atoms with Crippen LogP contribution in [-0.4, -0.2) is 16.0 Å². The molecule has 4 nitrogen and oxygen atoms in total. The summed E-state index contributed by atoms with van der Waals surface area (Å²) in [6.07, 6.45) is 1.58. The highest BCUT2D eigenvalue weighted by atomic mass is 35.5. The van der Waals surface area contributed by atoms with Gasteiger partial charge in [-0.05, 0) is 31.2 Å². The van der Waals surface area contributed by atoms with Crippen molar-refractivity contribution >= 4 is 29.2 Å². The van der Waals surface area contributed by atoms with Gasteiger partial charge in [-0.15, -0.1) is 0 Å². The van der Waals surface area contributed by atoms with Gasteiger partial charge >= 0.3 is 0 Å². The van der Waals surface area contributed by atoms with Crippen LogP contribution in [0.5, 0.6) is 0 Å². The van der Waals surface area contributed by atoms with E-state index < -0.39 is 0 Å². The first kappa shape index (κ1) is 13.7. The number of nitrogens with zero attached hydrogens (tertiary/aromatic N) is 2. The van der Waals surface area contributed by atoms with E-state index in [1.165, 1.54) is 11.8 Å². The molecular formula is C13H12ClN3OS. The molecule has 0 saturated heterocycles. The third-order valence-electron chi connectivity index (χ3n) is 2.43. The Kier molecular flexibility index (Phi) is 4.29. The predicted octanol–water partition coefficient (Wildman–Crippen LogP) is 3.29. The largest absolute Gasteiger partial charge is 0.409 e. The van der Waals surface area contributed by atoms with Crippen molar-refractivity contribution in [2.24, 2.45) is 10.9 Å². The van der Waals surface area contributed by atoms with E-state index in [1.807, 2.05) is 31.2 Å². The Bertz CT molecular complexity index is 614. The minimum absolute atomic E-state index is 0.0835. The zero-order valence-corrected chi connectivity index (χ0v) is 11.7. The molecule has 0 saturated carbocycles. The molecule has 1 heterocycles. The van der Waals surface area contributed by atoms with Gasteiger partial charge in [0.15, 0.2) is 5.84 Å². The number of hydrogen-bond donors (Lipinski definition) is 2. The van der Waals surface area contributed by atoms with Gasteiger partial charge in [0, 0.05) is 16.7 Å². The van der Waals surface area contributed by atoms with Crippen molar-refractivity contribution in [3.63, 3.8) is 0 Å². The van der Waals surface area contributed by atoms with E-state index in [4.69, 9.17) is 22.5 Å². The molecular weight excluding hydrogens is 282 g/mol. The Morgan fingerprint density at radius 1 is 1.37 bits per heavy atom. The number of benzene rings is 1. The molecule has 0 bridgehead atoms. The highest BCUT2D eigenvalue weighted by Crippen LogP contribution is 2.30. The zero-order valence-electron chi connectivity index (χ0n) is 10.2. The molecule has 0 aliphatic rings. The Balaban J connectivity index is 2.37. The molecule has 1 aromatic heterocycles. The Labute approximate surface area is 120 Å². The number of pyridine rings is 1. The summed E-state index contributed by atoms with van der Waals surface area (Å²) in [5, 5.41) is 13.3. The maximum atomic E-state index is 8.83. The first-order chi connectivity index (χ1) is 9.10. The monoisotopic (exact) mass is 293 g/mol. The lowest BCUT2D eigenvalue weighted by atomic mass is 10.1. The molecule has 0 aliphatic heterocycles. The highest BCUT2D eigenvalue weighted by Gasteiger charge is 2.09. The Hall–Kier alpha value is -1.72. The van der Waals surface area contributed by atoms with Gasteiger partial charge in [0.2, 0.25) is 0 Å². The summed E-state index contributed by atoms with van der Waals surface area (Å²) in [6.45, 7) is 1.95. The lowest BCUT2D eigenvalue weighted by Gasteiger charge is -2.08. The maximum Gasteiger partial charge on any atom is 0.171 e. The molecule has 98 valence electrons. The quantitative estimate of drug-likeness (QED) is 0.394. The molecule has 2 aromatic rings. The minimum Gasteiger partial charge on any atom is -0.409 e. The summed E-state index contributed by atoms with van der Waals surface area (Å²) in [4.78, 5) is 5.08. The van der Waals surface area contributed by atoms with Crippen molar-refractivity contribution in [3.05, 3.63) is 52.7 Å². The van der Waals surface area contributed by atoms with Gasteiger partial charge in [-0.2, -0.15) is 0 Å². The Morgan fingerprint density at radius 3 is 2.79 bits per heavy atom. The van der Waals surface area contributed by atoms with Crippen LogP contribution in [0.25, 0.3) is 0 Å². The molecule has 1 aromatic carbocycles. The van der Waals surface area contributed by atoms with E-state index in [-0.39, 0.29) is 5.84 Å². The van der Waals surface area contributed by atoms with Crippen molar-refractivity contribution in [1.82, 2.24) is 4.98 Å². The van der Waals surface area contributed by atoms with Crippen LogP contribution >= 0.6 is 23.4 Å². The van der Waals surface area contributed by atoms with Crippen LogP contribution in [0.15, 0.2) is 51.6 Å². The molecule has 2 rings (SSSR count). The molecule has 3 N–H and O–H groups in total. The molecule has 0 aliphatic carbocycles. The van der Waals surface area contributed by atoms with Crippen LogP contribution in [0.3, 0.4) is 0 Å². The van der Waals surface area contributed by atoms with Gasteiger partial charge in [-0.3, -0.25) is 0 Å². The molecule has 0 spiro atoms. The van der Waals surface area contributed by atoms with E-state index >= 15 is 0 Å². The standard InChI is InChI=1S/C13H12ClN3OS/c1-8-2-4-11(10(6-8)13(15)17-18)19-12-5-3-9(14)7-16-12/h2-7,18H,1H3,(H2,15,17). The molecule has 0 unspecified atom stereocenters. The van der Waals surface area contributed by atoms with E-state index in [0.717, 1.165) is 15.5 Å². The number of halogens is 1. The maximum absolute atomic E-state index is 8.83. The summed E-state index contributed by atoms with van der Waals surface area (Å²) in [5.41, 5.74) is 7.41. The SMILES string of the molecule is Cc1ccc(Sc2ccc(Cl)cn2)c(/C(N)=N/O)c1. The smallest absolute Gasteiger partial charge is 0.171 e. The molecule has 0 atom stereocenters. The number of hydrogen-bond acceptors (Lipinski definition) is 4. The number of oxime groups is 1. The van der Waals surface area contributed by atoms with E-state index in [1.54, 1.807) is 12.3 Å². The van der Waals surface area contributed by atoms with Crippen LogP contribution in [0.1, 0.15) is 11.1 Å². The fourth-order valence-electron chi connectivity index (χ4n) is 1.52. The van der Waals surface area contributed by atoms with Crippen molar-refractivity contribution in [1.29, 1.82) is 0 Å². The van der Waals surface area contributed by atoms with Crippen molar-refractivity contribution in [3.8, 4) is 0 Å². The number of aromatic nitrogens is 1. The summed E-state index contributed by atoms with van der Waals surface area (Å²) in [7, 11) is 0. The third kappa shape index (κ3) is 3.39. The zero-order chi connectivity index (χ0) is 13.8. The van der Waals surface area contributed by atoms with Crippen LogP contribution in [0.2, 0.25) is 5.02 Å². The van der Waals surface area contributed by atoms with Gasteiger partial charge in [0.1, 0.15) is 5.03 Å². The van der Waals surface area contributed by atoms with E-state index in [9.17, 15) is 0 Å². The fraction of sp³-hybridized carbons (Fsp3) is 0.0769. The average Bonchev–Trinajstić information content (AvgIpc) is 2.42. The summed E-state index contributed by atoms with van der Waals surface area (Å²) >= 11 is 7.23. The van der Waals surface area contributed by atoms with Crippen molar-refractivity contribution in [2.45, 2.75) is 16.8 Å². The van der Waals surface area contributed by atoms with Gasteiger partial charge in [0.05, 0.1) is 5.02 Å². The number of nitrogens with two attached hydrogens (primary N) is 1. The second kappa shape index (κ2) is 5.95. The van der Waals surface area contributed by atoms with Crippen molar-refractivity contribution in [2.75, 3.05) is 0 Å². The van der Waals surface area contributed by atoms with Crippen molar-refractivity contribution < 1.29 is 5.21 Å². The summed E-state index contributed by atoms with van der Waals surface area (Å²) in [6, 6.07) is 9.35. The lowest BCUT2D eigenvalue weighted by Crippen LogP contribution is -2.14. The molecule has 0 fully saturated rings. The molecule has 0 amide bonds. The van der Waals surface area contributed by atoms with Gasteiger partial charge in [-0.25, -0.2) is 4.98 Å². The first-order valence-corrected chi connectivity index (χ1v) is 6.67. The number of rotatable bonds is 3. The number of amidine groups is 1. The van der Waals surface area contributed by atoms with Crippen LogP contribution in [-0.2, 0) is 0 Å². The van der Waals surface area contributed by atoms with Gasteiger partial charge in [-0.1, -0.05) is 40.1 Å². The highest BCUT2D eigenvalue weighted by molar-refractivity contribution is 7.99. The van der Waals surface area contributed by atoms with Crippen LogP contribution in [0.4, 0.5) is 0 Å². The summed E-state index contributed by atoms with van der Waals surface area (Å²) in [5.74, 6) is 0.0835. The minimum atomic E-state index is 0.0835. The fourth-order valence-corrected chi connectivity index (χ4v) is 2.51. The van der Waals surface area contributed by atoms with Gasteiger partial charge in [0.25, 0.3) is 0 Å².